The van der Waals surface area contributed by atoms with Crippen LogP contribution in [-0.2, 0) is 12.8 Å². The molecule has 0 saturated heterocycles. The maximum absolute atomic E-state index is 13.1. The number of rotatable bonds is 5. The first kappa shape index (κ1) is 17.7. The van der Waals surface area contributed by atoms with E-state index in [0.717, 1.165) is 17.7 Å². The fourth-order valence-corrected chi connectivity index (χ4v) is 2.45. The fraction of sp³-hybridized carbons (Fsp3) is 0.100. The number of carbonyl (C=O) groups is 1. The zero-order valence-corrected chi connectivity index (χ0v) is 13.5. The van der Waals surface area contributed by atoms with Crippen molar-refractivity contribution in [3.8, 4) is 17.0 Å². The van der Waals surface area contributed by atoms with Crippen LogP contribution >= 0.6 is 0 Å². The molecule has 26 heavy (non-hydrogen) atoms. The van der Waals surface area contributed by atoms with Crippen molar-refractivity contribution in [2.75, 3.05) is 0 Å². The number of halogens is 3. The Morgan fingerprint density at radius 3 is 2.31 bits per heavy atom. The van der Waals surface area contributed by atoms with Gasteiger partial charge in [-0.1, -0.05) is 42.5 Å². The topological polar surface area (TPSA) is 39.2 Å². The minimum Gasteiger partial charge on any atom is -0.473 e. The fourth-order valence-electron chi connectivity index (χ4n) is 2.45. The number of aromatic nitrogens is 1. The highest BCUT2D eigenvalue weighted by atomic mass is 19.4. The lowest BCUT2D eigenvalue weighted by Gasteiger charge is -2.12. The van der Waals surface area contributed by atoms with E-state index in [1.54, 1.807) is 12.1 Å². The first-order valence-electron chi connectivity index (χ1n) is 7.77. The van der Waals surface area contributed by atoms with Gasteiger partial charge in [-0.15, -0.1) is 0 Å². The maximum atomic E-state index is 13.1. The summed E-state index contributed by atoms with van der Waals surface area (Å²) >= 11 is 0. The molecular formula is C20H14F3NO2. The molecular weight excluding hydrogens is 343 g/mol. The number of nitrogens with zero attached hydrogens (tertiary/aromatic N) is 1. The standard InChI is InChI=1S/C20H14F3NO2/c21-20(22,23)18-10-15(6-7-17(18)12-25)16-8-9-19(24-11-16)26-13-14-4-2-1-3-5-14/h1-12H,13H2. The summed E-state index contributed by atoms with van der Waals surface area (Å²) in [6.45, 7) is 0.347. The molecule has 3 nitrogen and oxygen atoms in total. The molecule has 0 aliphatic carbocycles. The highest BCUT2D eigenvalue weighted by Gasteiger charge is 2.33. The van der Waals surface area contributed by atoms with Crippen molar-refractivity contribution in [2.45, 2.75) is 12.8 Å². The normalized spacial score (nSPS) is 11.2. The van der Waals surface area contributed by atoms with Crippen LogP contribution in [0.15, 0.2) is 66.9 Å². The first-order chi connectivity index (χ1) is 12.5. The molecule has 0 aliphatic rings. The van der Waals surface area contributed by atoms with E-state index in [2.05, 4.69) is 4.98 Å². The Bertz CT molecular complexity index is 891. The Balaban J connectivity index is 1.79. The third-order valence-corrected chi connectivity index (χ3v) is 3.78. The maximum Gasteiger partial charge on any atom is 0.417 e. The first-order valence-corrected chi connectivity index (χ1v) is 7.77. The molecule has 0 bridgehead atoms. The third-order valence-electron chi connectivity index (χ3n) is 3.78. The Morgan fingerprint density at radius 2 is 1.69 bits per heavy atom. The zero-order chi connectivity index (χ0) is 18.6. The van der Waals surface area contributed by atoms with E-state index in [9.17, 15) is 18.0 Å². The van der Waals surface area contributed by atoms with Gasteiger partial charge in [-0.3, -0.25) is 4.79 Å². The largest absolute Gasteiger partial charge is 0.473 e. The van der Waals surface area contributed by atoms with Crippen molar-refractivity contribution in [2.24, 2.45) is 0 Å². The molecule has 3 rings (SSSR count). The second-order valence-electron chi connectivity index (χ2n) is 5.58. The molecule has 1 heterocycles. The van der Waals surface area contributed by atoms with Crippen LogP contribution in [0.25, 0.3) is 11.1 Å². The number of aldehydes is 1. The van der Waals surface area contributed by atoms with Gasteiger partial charge in [-0.2, -0.15) is 13.2 Å². The summed E-state index contributed by atoms with van der Waals surface area (Å²) in [5, 5.41) is 0. The van der Waals surface area contributed by atoms with Crippen molar-refractivity contribution in [1.82, 2.24) is 4.98 Å². The molecule has 3 aromatic rings. The van der Waals surface area contributed by atoms with E-state index in [-0.39, 0.29) is 6.29 Å². The van der Waals surface area contributed by atoms with Gasteiger partial charge in [0.05, 0.1) is 5.56 Å². The third kappa shape index (κ3) is 4.08. The summed E-state index contributed by atoms with van der Waals surface area (Å²) in [5.41, 5.74) is 0.453. The lowest BCUT2D eigenvalue weighted by Crippen LogP contribution is -2.09. The molecule has 0 unspecified atom stereocenters. The van der Waals surface area contributed by atoms with E-state index >= 15 is 0 Å². The quantitative estimate of drug-likeness (QED) is 0.592. The Kier molecular flexibility index (Phi) is 5.02. The lowest BCUT2D eigenvalue weighted by molar-refractivity contribution is -0.137. The predicted molar refractivity (Wildman–Crippen MR) is 90.8 cm³/mol. The number of hydrogen-bond donors (Lipinski definition) is 0. The predicted octanol–water partition coefficient (Wildman–Crippen LogP) is 5.16. The summed E-state index contributed by atoms with van der Waals surface area (Å²) in [5.74, 6) is 0.373. The molecule has 0 N–H and O–H groups in total. The average Bonchev–Trinajstić information content (AvgIpc) is 2.66. The van der Waals surface area contributed by atoms with Gasteiger partial charge >= 0.3 is 6.18 Å². The van der Waals surface area contributed by atoms with Crippen molar-refractivity contribution in [1.29, 1.82) is 0 Å². The summed E-state index contributed by atoms with van der Waals surface area (Å²) in [4.78, 5) is 15.0. The van der Waals surface area contributed by atoms with E-state index in [4.69, 9.17) is 4.74 Å². The van der Waals surface area contributed by atoms with Gasteiger partial charge in [0.15, 0.2) is 6.29 Å². The summed E-state index contributed by atoms with van der Waals surface area (Å²) in [6, 6.07) is 16.3. The van der Waals surface area contributed by atoms with Gasteiger partial charge in [0.1, 0.15) is 6.61 Å². The number of ether oxygens (including phenoxy) is 1. The summed E-state index contributed by atoms with van der Waals surface area (Å²) < 4.78 is 44.7. The van der Waals surface area contributed by atoms with Crippen LogP contribution in [0.1, 0.15) is 21.5 Å². The smallest absolute Gasteiger partial charge is 0.417 e. The van der Waals surface area contributed by atoms with Gasteiger partial charge in [0, 0.05) is 23.4 Å². The molecule has 132 valence electrons. The minimum atomic E-state index is -4.60. The monoisotopic (exact) mass is 357 g/mol. The highest BCUT2D eigenvalue weighted by molar-refractivity contribution is 5.80. The van der Waals surface area contributed by atoms with Crippen molar-refractivity contribution < 1.29 is 22.7 Å². The van der Waals surface area contributed by atoms with E-state index in [1.165, 1.54) is 12.3 Å². The van der Waals surface area contributed by atoms with E-state index in [0.29, 0.717) is 23.6 Å². The lowest BCUT2D eigenvalue weighted by atomic mass is 10.0. The van der Waals surface area contributed by atoms with E-state index in [1.807, 2.05) is 30.3 Å². The van der Waals surface area contributed by atoms with Gasteiger partial charge in [-0.25, -0.2) is 4.98 Å². The number of carbonyl (C=O) groups excluding carboxylic acids is 1. The van der Waals surface area contributed by atoms with Gasteiger partial charge < -0.3 is 4.74 Å². The van der Waals surface area contributed by atoms with Crippen LogP contribution in [0.3, 0.4) is 0 Å². The Morgan fingerprint density at radius 1 is 0.962 bits per heavy atom. The molecule has 0 spiro atoms. The number of alkyl halides is 3. The molecule has 1 aromatic heterocycles. The summed E-state index contributed by atoms with van der Waals surface area (Å²) in [7, 11) is 0. The van der Waals surface area contributed by atoms with Crippen LogP contribution < -0.4 is 4.74 Å². The van der Waals surface area contributed by atoms with E-state index < -0.39 is 17.3 Å². The number of hydrogen-bond acceptors (Lipinski definition) is 3. The SMILES string of the molecule is O=Cc1ccc(-c2ccc(OCc3ccccc3)nc2)cc1C(F)(F)F. The second-order valence-corrected chi connectivity index (χ2v) is 5.58. The zero-order valence-electron chi connectivity index (χ0n) is 13.5. The molecule has 0 amide bonds. The van der Waals surface area contributed by atoms with Gasteiger partial charge in [-0.05, 0) is 23.3 Å². The van der Waals surface area contributed by atoms with Crippen LogP contribution in [0, 0.1) is 0 Å². The Labute approximate surface area is 148 Å². The van der Waals surface area contributed by atoms with Crippen LogP contribution in [-0.4, -0.2) is 11.3 Å². The van der Waals surface area contributed by atoms with Crippen LogP contribution in [0.5, 0.6) is 5.88 Å². The molecule has 6 heteroatoms. The minimum absolute atomic E-state index is 0.200. The van der Waals surface area contributed by atoms with Gasteiger partial charge in [0.2, 0.25) is 5.88 Å². The number of pyridine rings is 1. The molecule has 2 aromatic carbocycles. The molecule has 0 radical (unpaired) electrons. The van der Waals surface area contributed by atoms with Crippen molar-refractivity contribution >= 4 is 6.29 Å². The average molecular weight is 357 g/mol. The highest BCUT2D eigenvalue weighted by Crippen LogP contribution is 2.34. The van der Waals surface area contributed by atoms with Gasteiger partial charge in [0.25, 0.3) is 0 Å². The molecule has 0 fully saturated rings. The molecule has 0 aliphatic heterocycles. The van der Waals surface area contributed by atoms with Crippen LogP contribution in [0.2, 0.25) is 0 Å². The summed E-state index contributed by atoms with van der Waals surface area (Å²) in [6.07, 6.45) is -2.96. The van der Waals surface area contributed by atoms with Crippen LogP contribution in [0.4, 0.5) is 13.2 Å². The van der Waals surface area contributed by atoms with Crippen molar-refractivity contribution in [3.05, 3.63) is 83.6 Å². The molecule has 0 atom stereocenters. The molecule has 0 saturated carbocycles. The second kappa shape index (κ2) is 7.39. The number of benzene rings is 2. The Hall–Kier alpha value is -3.15. The van der Waals surface area contributed by atoms with Crippen molar-refractivity contribution in [3.63, 3.8) is 0 Å².